The normalized spacial score (nSPS) is 23.9. The van der Waals surface area contributed by atoms with Gasteiger partial charge in [-0.15, -0.1) is 0 Å². The van der Waals surface area contributed by atoms with E-state index in [-0.39, 0.29) is 23.9 Å². The highest BCUT2D eigenvalue weighted by Crippen LogP contribution is 2.18. The molecule has 0 aromatic rings. The molecule has 4 heteroatoms. The Kier molecular flexibility index (Phi) is 6.32. The van der Waals surface area contributed by atoms with E-state index in [0.29, 0.717) is 12.5 Å². The van der Waals surface area contributed by atoms with Crippen molar-refractivity contribution < 1.29 is 9.59 Å². The van der Waals surface area contributed by atoms with Crippen LogP contribution in [0, 0.1) is 5.92 Å². The summed E-state index contributed by atoms with van der Waals surface area (Å²) in [6.07, 6.45) is 5.25. The molecule has 2 amide bonds. The van der Waals surface area contributed by atoms with Gasteiger partial charge in [-0.3, -0.25) is 9.59 Å². The summed E-state index contributed by atoms with van der Waals surface area (Å²) in [4.78, 5) is 26.1. The lowest BCUT2D eigenvalue weighted by Gasteiger charge is -2.38. The number of amides is 2. The second-order valence-electron chi connectivity index (χ2n) is 5.97. The van der Waals surface area contributed by atoms with Gasteiger partial charge in [0.1, 0.15) is 12.1 Å². The van der Waals surface area contributed by atoms with Gasteiger partial charge in [0.2, 0.25) is 11.8 Å². The molecule has 1 aliphatic rings. The molecule has 4 nitrogen and oxygen atoms in total. The van der Waals surface area contributed by atoms with E-state index in [1.54, 1.807) is 11.8 Å². The number of nitrogens with one attached hydrogen (secondary N) is 1. The number of nitrogens with zero attached hydrogens (tertiary/aromatic N) is 1. The second kappa shape index (κ2) is 7.51. The van der Waals surface area contributed by atoms with Crippen molar-refractivity contribution in [3.8, 4) is 0 Å². The van der Waals surface area contributed by atoms with Crippen LogP contribution < -0.4 is 5.32 Å². The van der Waals surface area contributed by atoms with Crippen LogP contribution in [0.15, 0.2) is 0 Å². The summed E-state index contributed by atoms with van der Waals surface area (Å²) in [6, 6.07) is -0.646. The Labute approximate surface area is 116 Å². The molecule has 0 aromatic carbocycles. The topological polar surface area (TPSA) is 49.4 Å². The van der Waals surface area contributed by atoms with Crippen LogP contribution in [-0.2, 0) is 9.59 Å². The van der Waals surface area contributed by atoms with Crippen LogP contribution in [-0.4, -0.2) is 35.3 Å². The van der Waals surface area contributed by atoms with Gasteiger partial charge in [0, 0.05) is 6.54 Å². The first-order valence-electron chi connectivity index (χ1n) is 7.58. The Balaban J connectivity index is 2.66. The number of unbranched alkanes of at least 4 members (excludes halogenated alkanes) is 3. The monoisotopic (exact) mass is 268 g/mol. The zero-order valence-corrected chi connectivity index (χ0v) is 12.7. The van der Waals surface area contributed by atoms with Gasteiger partial charge in [-0.2, -0.15) is 0 Å². The standard InChI is InChI=1S/C15H28N2O2/c1-5-6-7-8-9-17-13(10-11(2)3)14(18)16-12(4)15(17)19/h11-13H,5-10H2,1-4H3,(H,16,18). The molecule has 19 heavy (non-hydrogen) atoms. The van der Waals surface area contributed by atoms with Crippen LogP contribution in [0.3, 0.4) is 0 Å². The fourth-order valence-corrected chi connectivity index (χ4v) is 2.57. The molecule has 0 spiro atoms. The molecule has 0 aromatic heterocycles. The number of piperazine rings is 1. The second-order valence-corrected chi connectivity index (χ2v) is 5.97. The third kappa shape index (κ3) is 4.51. The average Bonchev–Trinajstić information content (AvgIpc) is 2.34. The molecule has 0 radical (unpaired) electrons. The number of hydrogen-bond acceptors (Lipinski definition) is 2. The molecule has 0 saturated carbocycles. The van der Waals surface area contributed by atoms with Crippen LogP contribution in [0.25, 0.3) is 0 Å². The Morgan fingerprint density at radius 3 is 2.47 bits per heavy atom. The number of hydrogen-bond donors (Lipinski definition) is 1. The maximum absolute atomic E-state index is 12.2. The van der Waals surface area contributed by atoms with Crippen LogP contribution in [0.4, 0.5) is 0 Å². The minimum Gasteiger partial charge on any atom is -0.343 e. The van der Waals surface area contributed by atoms with Crippen molar-refractivity contribution in [1.29, 1.82) is 0 Å². The fourth-order valence-electron chi connectivity index (χ4n) is 2.57. The van der Waals surface area contributed by atoms with Crippen molar-refractivity contribution in [2.75, 3.05) is 6.54 Å². The van der Waals surface area contributed by atoms with E-state index in [1.165, 1.54) is 12.8 Å². The van der Waals surface area contributed by atoms with E-state index in [9.17, 15) is 9.59 Å². The third-order valence-electron chi connectivity index (χ3n) is 3.64. The van der Waals surface area contributed by atoms with Crippen LogP contribution in [0.2, 0.25) is 0 Å². The maximum Gasteiger partial charge on any atom is 0.245 e. The first-order valence-corrected chi connectivity index (χ1v) is 7.58. The minimum atomic E-state index is -0.373. The lowest BCUT2D eigenvalue weighted by Crippen LogP contribution is -2.62. The van der Waals surface area contributed by atoms with Crippen molar-refractivity contribution in [3.63, 3.8) is 0 Å². The first kappa shape index (κ1) is 16.0. The molecule has 0 aliphatic carbocycles. The summed E-state index contributed by atoms with van der Waals surface area (Å²) in [6.45, 7) is 8.83. The van der Waals surface area contributed by atoms with Crippen LogP contribution >= 0.6 is 0 Å². The van der Waals surface area contributed by atoms with Crippen molar-refractivity contribution in [3.05, 3.63) is 0 Å². The summed E-state index contributed by atoms with van der Waals surface area (Å²) in [7, 11) is 0. The van der Waals surface area contributed by atoms with Gasteiger partial charge < -0.3 is 10.2 Å². The summed E-state index contributed by atoms with van der Waals surface area (Å²) in [5.41, 5.74) is 0. The van der Waals surface area contributed by atoms with Gasteiger partial charge in [0.05, 0.1) is 0 Å². The Morgan fingerprint density at radius 1 is 1.21 bits per heavy atom. The lowest BCUT2D eigenvalue weighted by molar-refractivity contribution is -0.149. The van der Waals surface area contributed by atoms with Crippen molar-refractivity contribution in [2.24, 2.45) is 5.92 Å². The highest BCUT2D eigenvalue weighted by atomic mass is 16.2. The number of carbonyl (C=O) groups excluding carboxylic acids is 2. The summed E-state index contributed by atoms with van der Waals surface area (Å²) >= 11 is 0. The number of carbonyl (C=O) groups is 2. The Bertz CT molecular complexity index is 315. The highest BCUT2D eigenvalue weighted by Gasteiger charge is 2.38. The molecule has 2 unspecified atom stereocenters. The molecular weight excluding hydrogens is 240 g/mol. The van der Waals surface area contributed by atoms with E-state index in [4.69, 9.17) is 0 Å². The predicted molar refractivity (Wildman–Crippen MR) is 76.7 cm³/mol. The van der Waals surface area contributed by atoms with E-state index in [2.05, 4.69) is 26.1 Å². The summed E-state index contributed by atoms with van der Waals surface area (Å²) in [5, 5.41) is 2.79. The molecule has 2 atom stereocenters. The molecule has 110 valence electrons. The van der Waals surface area contributed by atoms with Gasteiger partial charge in [-0.05, 0) is 25.7 Å². The summed E-state index contributed by atoms with van der Waals surface area (Å²) in [5.74, 6) is 0.494. The maximum atomic E-state index is 12.2. The largest absolute Gasteiger partial charge is 0.343 e. The molecule has 1 rings (SSSR count). The molecule has 1 heterocycles. The highest BCUT2D eigenvalue weighted by molar-refractivity contribution is 5.96. The molecule has 1 N–H and O–H groups in total. The van der Waals surface area contributed by atoms with Gasteiger partial charge in [0.15, 0.2) is 0 Å². The van der Waals surface area contributed by atoms with Crippen LogP contribution in [0.1, 0.15) is 59.8 Å². The van der Waals surface area contributed by atoms with Crippen molar-refractivity contribution in [1.82, 2.24) is 10.2 Å². The van der Waals surface area contributed by atoms with Gasteiger partial charge in [-0.1, -0.05) is 40.0 Å². The minimum absolute atomic E-state index is 0.0105. The van der Waals surface area contributed by atoms with Crippen molar-refractivity contribution >= 4 is 11.8 Å². The summed E-state index contributed by atoms with van der Waals surface area (Å²) < 4.78 is 0. The predicted octanol–water partition coefficient (Wildman–Crippen LogP) is 2.33. The molecule has 1 aliphatic heterocycles. The number of rotatable bonds is 7. The molecule has 0 bridgehead atoms. The van der Waals surface area contributed by atoms with E-state index >= 15 is 0 Å². The van der Waals surface area contributed by atoms with Gasteiger partial charge in [-0.25, -0.2) is 0 Å². The molecular formula is C15H28N2O2. The van der Waals surface area contributed by atoms with Crippen LogP contribution in [0.5, 0.6) is 0 Å². The van der Waals surface area contributed by atoms with Gasteiger partial charge >= 0.3 is 0 Å². The molecule has 1 saturated heterocycles. The zero-order chi connectivity index (χ0) is 14.4. The van der Waals surface area contributed by atoms with E-state index in [1.807, 2.05) is 0 Å². The fraction of sp³-hybridized carbons (Fsp3) is 0.867. The Hall–Kier alpha value is -1.06. The smallest absolute Gasteiger partial charge is 0.245 e. The quantitative estimate of drug-likeness (QED) is 0.720. The SMILES string of the molecule is CCCCCCN1C(=O)C(C)NC(=O)C1CC(C)C. The van der Waals surface area contributed by atoms with Gasteiger partial charge in [0.25, 0.3) is 0 Å². The Morgan fingerprint density at radius 2 is 1.89 bits per heavy atom. The van der Waals surface area contributed by atoms with Crippen molar-refractivity contribution in [2.45, 2.75) is 71.9 Å². The zero-order valence-electron chi connectivity index (χ0n) is 12.7. The average molecular weight is 268 g/mol. The van der Waals surface area contributed by atoms with E-state index in [0.717, 1.165) is 19.3 Å². The third-order valence-corrected chi connectivity index (χ3v) is 3.64. The molecule has 1 fully saturated rings. The van der Waals surface area contributed by atoms with E-state index < -0.39 is 0 Å². The lowest BCUT2D eigenvalue weighted by atomic mass is 9.97. The first-order chi connectivity index (χ1) is 8.97.